The van der Waals surface area contributed by atoms with E-state index in [9.17, 15) is 13.2 Å². The molecule has 0 fully saturated rings. The summed E-state index contributed by atoms with van der Waals surface area (Å²) in [6.45, 7) is -0.647. The van der Waals surface area contributed by atoms with Crippen molar-refractivity contribution in [2.75, 3.05) is 0 Å². The molecule has 16 heavy (non-hydrogen) atoms. The molecule has 1 N–H and O–H groups in total. The standard InChI is InChI=1S/C8H6ClF3INO2/c9-2-5-4(13)1-7(6(3-15)14-5)16-8(10,11)12/h1,15H,2-3H2. The third-order valence-corrected chi connectivity index (χ3v) is 2.78. The molecule has 1 aromatic heterocycles. The minimum absolute atomic E-state index is 0.0531. The maximum Gasteiger partial charge on any atom is 0.573 e. The number of hydrogen-bond donors (Lipinski definition) is 1. The van der Waals surface area contributed by atoms with Crippen LogP contribution in [0.25, 0.3) is 0 Å². The normalized spacial score (nSPS) is 11.6. The van der Waals surface area contributed by atoms with Crippen molar-refractivity contribution in [1.82, 2.24) is 4.98 Å². The number of nitrogens with zero attached hydrogens (tertiary/aromatic N) is 1. The molecule has 0 unspecified atom stereocenters. The molecule has 0 amide bonds. The third kappa shape index (κ3) is 3.63. The van der Waals surface area contributed by atoms with Gasteiger partial charge in [0.25, 0.3) is 0 Å². The molecule has 0 aliphatic rings. The van der Waals surface area contributed by atoms with E-state index in [1.165, 1.54) is 0 Å². The van der Waals surface area contributed by atoms with E-state index in [4.69, 9.17) is 16.7 Å². The van der Waals surface area contributed by atoms with Gasteiger partial charge < -0.3 is 9.84 Å². The van der Waals surface area contributed by atoms with Crippen LogP contribution in [0.15, 0.2) is 6.07 Å². The molecule has 0 saturated carbocycles. The molecule has 0 spiro atoms. The number of pyridine rings is 1. The van der Waals surface area contributed by atoms with Gasteiger partial charge in [-0.15, -0.1) is 24.8 Å². The maximum atomic E-state index is 12.0. The summed E-state index contributed by atoms with van der Waals surface area (Å²) in [5.74, 6) is -0.453. The smallest absolute Gasteiger partial charge is 0.404 e. The monoisotopic (exact) mass is 367 g/mol. The lowest BCUT2D eigenvalue weighted by molar-refractivity contribution is -0.275. The highest BCUT2D eigenvalue weighted by atomic mass is 127. The minimum atomic E-state index is -4.81. The number of halogens is 5. The average molecular weight is 367 g/mol. The van der Waals surface area contributed by atoms with Crippen molar-refractivity contribution in [2.45, 2.75) is 18.8 Å². The van der Waals surface area contributed by atoms with Crippen LogP contribution in [0.5, 0.6) is 5.75 Å². The quantitative estimate of drug-likeness (QED) is 0.660. The summed E-state index contributed by atoms with van der Waals surface area (Å²) >= 11 is 7.33. The molecule has 1 heterocycles. The summed E-state index contributed by atoms with van der Waals surface area (Å²) in [6.07, 6.45) is -4.81. The molecule has 8 heteroatoms. The zero-order chi connectivity index (χ0) is 12.3. The Kier molecular flexibility index (Phi) is 4.62. The number of ether oxygens (including phenoxy) is 1. The number of rotatable bonds is 3. The van der Waals surface area contributed by atoms with Crippen molar-refractivity contribution in [3.63, 3.8) is 0 Å². The van der Waals surface area contributed by atoms with Crippen molar-refractivity contribution in [3.8, 4) is 5.75 Å². The highest BCUT2D eigenvalue weighted by molar-refractivity contribution is 14.1. The van der Waals surface area contributed by atoms with Crippen LogP contribution in [0.4, 0.5) is 13.2 Å². The molecule has 0 aliphatic heterocycles. The minimum Gasteiger partial charge on any atom is -0.404 e. The lowest BCUT2D eigenvalue weighted by Crippen LogP contribution is -2.19. The number of aliphatic hydroxyl groups is 1. The fourth-order valence-electron chi connectivity index (χ4n) is 0.973. The molecule has 0 saturated heterocycles. The molecule has 0 radical (unpaired) electrons. The largest absolute Gasteiger partial charge is 0.573 e. The highest BCUT2D eigenvalue weighted by Gasteiger charge is 2.32. The van der Waals surface area contributed by atoms with E-state index in [1.54, 1.807) is 22.6 Å². The van der Waals surface area contributed by atoms with E-state index in [2.05, 4.69) is 9.72 Å². The Labute approximate surface area is 108 Å². The van der Waals surface area contributed by atoms with Crippen LogP contribution in [0.2, 0.25) is 0 Å². The first-order valence-corrected chi connectivity index (χ1v) is 5.59. The predicted molar refractivity (Wildman–Crippen MR) is 59.1 cm³/mol. The van der Waals surface area contributed by atoms with Crippen LogP contribution in [-0.2, 0) is 12.5 Å². The third-order valence-electron chi connectivity index (χ3n) is 1.59. The molecule has 1 rings (SSSR count). The molecule has 0 atom stereocenters. The van der Waals surface area contributed by atoms with Crippen molar-refractivity contribution < 1.29 is 23.0 Å². The number of hydrogen-bond acceptors (Lipinski definition) is 3. The van der Waals surface area contributed by atoms with Gasteiger partial charge in [-0.1, -0.05) is 0 Å². The molecule has 90 valence electrons. The molecular formula is C8H6ClF3INO2. The number of alkyl halides is 4. The Hall–Kier alpha value is -0.280. The van der Waals surface area contributed by atoms with E-state index < -0.39 is 18.7 Å². The Balaban J connectivity index is 3.13. The second-order valence-electron chi connectivity index (χ2n) is 2.70. The van der Waals surface area contributed by atoms with Gasteiger partial charge in [0.1, 0.15) is 5.69 Å². The van der Waals surface area contributed by atoms with Crippen molar-refractivity contribution >= 4 is 34.2 Å². The van der Waals surface area contributed by atoms with Crippen LogP contribution in [0.1, 0.15) is 11.4 Å². The summed E-state index contributed by atoms with van der Waals surface area (Å²) in [5, 5.41) is 8.87. The van der Waals surface area contributed by atoms with Crippen molar-refractivity contribution in [1.29, 1.82) is 0 Å². The van der Waals surface area contributed by atoms with E-state index >= 15 is 0 Å². The summed E-state index contributed by atoms with van der Waals surface area (Å²) in [4.78, 5) is 3.78. The highest BCUT2D eigenvalue weighted by Crippen LogP contribution is 2.28. The van der Waals surface area contributed by atoms with Crippen molar-refractivity contribution in [3.05, 3.63) is 21.0 Å². The van der Waals surface area contributed by atoms with Gasteiger partial charge >= 0.3 is 6.36 Å². The van der Waals surface area contributed by atoms with Crippen LogP contribution in [0.3, 0.4) is 0 Å². The second kappa shape index (κ2) is 5.37. The van der Waals surface area contributed by atoms with E-state index in [0.29, 0.717) is 9.26 Å². The number of aliphatic hydroxyl groups excluding tert-OH is 1. The molecular weight excluding hydrogens is 361 g/mol. The van der Waals surface area contributed by atoms with Gasteiger partial charge in [0, 0.05) is 3.57 Å². The van der Waals surface area contributed by atoms with Gasteiger partial charge in [-0.2, -0.15) is 0 Å². The van der Waals surface area contributed by atoms with Crippen LogP contribution in [-0.4, -0.2) is 16.5 Å². The SMILES string of the molecule is OCc1nc(CCl)c(I)cc1OC(F)(F)F. The van der Waals surface area contributed by atoms with Gasteiger partial charge in [0.2, 0.25) is 0 Å². The van der Waals surface area contributed by atoms with Crippen LogP contribution in [0, 0.1) is 3.57 Å². The van der Waals surface area contributed by atoms with Gasteiger partial charge in [-0.3, -0.25) is 0 Å². The van der Waals surface area contributed by atoms with E-state index in [1.807, 2.05) is 0 Å². The average Bonchev–Trinajstić information content (AvgIpc) is 2.16. The fraction of sp³-hybridized carbons (Fsp3) is 0.375. The van der Waals surface area contributed by atoms with Gasteiger partial charge in [0.15, 0.2) is 5.75 Å². The first kappa shape index (κ1) is 13.8. The van der Waals surface area contributed by atoms with Gasteiger partial charge in [0.05, 0.1) is 18.2 Å². The van der Waals surface area contributed by atoms with Crippen LogP contribution < -0.4 is 4.74 Å². The molecule has 0 bridgehead atoms. The van der Waals surface area contributed by atoms with Crippen molar-refractivity contribution in [2.24, 2.45) is 0 Å². The summed E-state index contributed by atoms with van der Waals surface area (Å²) < 4.78 is 40.2. The van der Waals surface area contributed by atoms with Gasteiger partial charge in [-0.25, -0.2) is 4.98 Å². The second-order valence-corrected chi connectivity index (χ2v) is 4.13. The first-order chi connectivity index (χ1) is 7.37. The van der Waals surface area contributed by atoms with E-state index in [-0.39, 0.29) is 11.6 Å². The Morgan fingerprint density at radius 3 is 2.50 bits per heavy atom. The zero-order valence-electron chi connectivity index (χ0n) is 7.68. The first-order valence-electron chi connectivity index (χ1n) is 3.98. The topological polar surface area (TPSA) is 42.4 Å². The molecule has 1 aromatic rings. The Bertz CT molecular complexity index is 386. The summed E-state index contributed by atoms with van der Waals surface area (Å²) in [5.41, 5.74) is 0.217. The lowest BCUT2D eigenvalue weighted by atomic mass is 10.3. The molecule has 0 aromatic carbocycles. The van der Waals surface area contributed by atoms with E-state index in [0.717, 1.165) is 6.07 Å². The van der Waals surface area contributed by atoms with Crippen LogP contribution >= 0.6 is 34.2 Å². The summed E-state index contributed by atoms with van der Waals surface area (Å²) in [6, 6.07) is 1.14. The zero-order valence-corrected chi connectivity index (χ0v) is 10.6. The Morgan fingerprint density at radius 2 is 2.06 bits per heavy atom. The fourth-order valence-corrected chi connectivity index (χ4v) is 2.00. The molecule has 0 aliphatic carbocycles. The number of aromatic nitrogens is 1. The maximum absolute atomic E-state index is 12.0. The van der Waals surface area contributed by atoms with Gasteiger partial charge in [-0.05, 0) is 28.7 Å². The Morgan fingerprint density at radius 1 is 1.44 bits per heavy atom. The summed E-state index contributed by atoms with van der Waals surface area (Å²) in [7, 11) is 0. The lowest BCUT2D eigenvalue weighted by Gasteiger charge is -2.13. The molecule has 3 nitrogen and oxygen atoms in total. The predicted octanol–water partition coefficient (Wildman–Crippen LogP) is 2.82.